The first-order valence-corrected chi connectivity index (χ1v) is 14.1. The Morgan fingerprint density at radius 3 is 2.27 bits per heavy atom. The van der Waals surface area contributed by atoms with E-state index < -0.39 is 35.0 Å². The van der Waals surface area contributed by atoms with Crippen molar-refractivity contribution in [3.05, 3.63) is 118 Å². The van der Waals surface area contributed by atoms with Crippen molar-refractivity contribution in [1.29, 1.82) is 0 Å². The van der Waals surface area contributed by atoms with Crippen LogP contribution < -0.4 is 5.32 Å². The third-order valence-electron chi connectivity index (χ3n) is 9.51. The summed E-state index contributed by atoms with van der Waals surface area (Å²) in [5.74, 6) is -4.17. The molecule has 41 heavy (non-hydrogen) atoms. The number of amides is 2. The van der Waals surface area contributed by atoms with Crippen molar-refractivity contribution in [2.45, 2.75) is 24.2 Å². The van der Waals surface area contributed by atoms with E-state index in [-0.39, 0.29) is 40.6 Å². The average molecular weight is 564 g/mol. The van der Waals surface area contributed by atoms with Crippen LogP contribution in [-0.4, -0.2) is 28.5 Å². The Kier molecular flexibility index (Phi) is 5.87. The van der Waals surface area contributed by atoms with Crippen molar-refractivity contribution < 1.29 is 24.3 Å². The van der Waals surface area contributed by atoms with E-state index in [9.17, 15) is 24.3 Å². The molecule has 2 amide bonds. The van der Waals surface area contributed by atoms with Crippen LogP contribution in [-0.2, 0) is 24.6 Å². The highest BCUT2D eigenvalue weighted by Gasteiger charge is 2.65. The minimum Gasteiger partial charge on any atom is -0.508 e. The number of ketones is 2. The van der Waals surface area contributed by atoms with Gasteiger partial charge in [-0.2, -0.15) is 0 Å². The molecule has 1 heterocycles. The summed E-state index contributed by atoms with van der Waals surface area (Å²) in [6.07, 6.45) is 4.04. The zero-order valence-corrected chi connectivity index (χ0v) is 22.7. The van der Waals surface area contributed by atoms with Crippen molar-refractivity contribution in [2.75, 3.05) is 0 Å². The summed E-state index contributed by atoms with van der Waals surface area (Å²) < 4.78 is 0. The second-order valence-electron chi connectivity index (χ2n) is 11.3. The monoisotopic (exact) mass is 563 g/mol. The van der Waals surface area contributed by atoms with Crippen LogP contribution in [0.2, 0.25) is 5.02 Å². The molecule has 4 aliphatic rings. The summed E-state index contributed by atoms with van der Waals surface area (Å²) in [6.45, 7) is 0. The molecule has 6 unspecified atom stereocenters. The minimum absolute atomic E-state index is 0.0211. The fourth-order valence-corrected chi connectivity index (χ4v) is 8.16. The van der Waals surface area contributed by atoms with Crippen LogP contribution in [0.1, 0.15) is 35.4 Å². The highest BCUT2D eigenvalue weighted by Crippen LogP contribution is 2.63. The number of allylic oxidation sites excluding steroid dienone is 4. The van der Waals surface area contributed by atoms with Crippen LogP contribution in [0.3, 0.4) is 0 Å². The van der Waals surface area contributed by atoms with E-state index in [1.54, 1.807) is 6.07 Å². The molecule has 2 N–H and O–H groups in total. The average Bonchev–Trinajstić information content (AvgIpc) is 3.28. The number of halogens is 1. The van der Waals surface area contributed by atoms with E-state index >= 15 is 0 Å². The highest BCUT2D eigenvalue weighted by atomic mass is 35.5. The Balaban J connectivity index is 1.54. The molecule has 0 radical (unpaired) electrons. The lowest BCUT2D eigenvalue weighted by Crippen LogP contribution is -2.58. The first-order valence-electron chi connectivity index (χ1n) is 13.8. The number of carbonyl (C=O) groups is 4. The minimum atomic E-state index is -1.34. The number of imide groups is 1. The van der Waals surface area contributed by atoms with Crippen LogP contribution in [0.5, 0.6) is 5.75 Å². The SMILES string of the molecule is O=C1NC(=O)C2C1CC=C1C2CC2C(=O)C(c3ccccc3)=CC(=O)C2(c2ccccc2)C1c1ccc(O)cc1Cl. The summed E-state index contributed by atoms with van der Waals surface area (Å²) in [5.41, 5.74) is 1.77. The molecule has 0 aromatic heterocycles. The van der Waals surface area contributed by atoms with Gasteiger partial charge in [0.2, 0.25) is 11.8 Å². The zero-order chi connectivity index (χ0) is 28.5. The van der Waals surface area contributed by atoms with Crippen molar-refractivity contribution in [3.63, 3.8) is 0 Å². The van der Waals surface area contributed by atoms with E-state index in [0.717, 1.165) is 5.57 Å². The second-order valence-corrected chi connectivity index (χ2v) is 11.8. The molecule has 1 aliphatic heterocycles. The lowest BCUT2D eigenvalue weighted by Gasteiger charge is -2.55. The van der Waals surface area contributed by atoms with Gasteiger partial charge in [-0.25, -0.2) is 0 Å². The number of hydrogen-bond donors (Lipinski definition) is 2. The molecular weight excluding hydrogens is 538 g/mol. The van der Waals surface area contributed by atoms with E-state index in [1.165, 1.54) is 18.2 Å². The predicted octanol–water partition coefficient (Wildman–Crippen LogP) is 5.16. The molecule has 3 aromatic rings. The molecule has 204 valence electrons. The van der Waals surface area contributed by atoms with Crippen molar-refractivity contribution in [2.24, 2.45) is 23.7 Å². The van der Waals surface area contributed by atoms with E-state index in [4.69, 9.17) is 11.6 Å². The number of Topliss-reactive ketones (excluding diaryl/α,β-unsaturated/α-hetero) is 1. The van der Waals surface area contributed by atoms with Crippen LogP contribution in [0.25, 0.3) is 5.57 Å². The molecule has 3 aliphatic carbocycles. The van der Waals surface area contributed by atoms with Crippen LogP contribution in [0, 0.1) is 23.7 Å². The Hall–Kier alpha value is -4.29. The summed E-state index contributed by atoms with van der Waals surface area (Å²) in [4.78, 5) is 55.3. The number of hydrogen-bond acceptors (Lipinski definition) is 5. The maximum atomic E-state index is 14.8. The third-order valence-corrected chi connectivity index (χ3v) is 9.84. The largest absolute Gasteiger partial charge is 0.508 e. The van der Waals surface area contributed by atoms with Gasteiger partial charge < -0.3 is 5.11 Å². The number of carbonyl (C=O) groups excluding carboxylic acids is 4. The molecular formula is C34H26ClNO5. The van der Waals surface area contributed by atoms with Gasteiger partial charge in [-0.15, -0.1) is 0 Å². The fraction of sp³-hybridized carbons (Fsp3) is 0.235. The Labute approximate surface area is 241 Å². The first-order chi connectivity index (χ1) is 19.8. The molecule has 6 nitrogen and oxygen atoms in total. The Bertz CT molecular complexity index is 1690. The summed E-state index contributed by atoms with van der Waals surface area (Å²) in [5, 5.41) is 13.0. The van der Waals surface area contributed by atoms with Gasteiger partial charge in [0, 0.05) is 22.4 Å². The Morgan fingerprint density at radius 1 is 0.854 bits per heavy atom. The Morgan fingerprint density at radius 2 is 1.56 bits per heavy atom. The van der Waals surface area contributed by atoms with Gasteiger partial charge in [0.05, 0.1) is 17.3 Å². The molecule has 7 heteroatoms. The van der Waals surface area contributed by atoms with Crippen LogP contribution >= 0.6 is 11.6 Å². The second kappa shape index (κ2) is 9.38. The molecule has 0 spiro atoms. The molecule has 3 aromatic carbocycles. The highest BCUT2D eigenvalue weighted by molar-refractivity contribution is 6.33. The lowest BCUT2D eigenvalue weighted by molar-refractivity contribution is -0.135. The summed E-state index contributed by atoms with van der Waals surface area (Å²) >= 11 is 6.81. The number of rotatable bonds is 3. The van der Waals surface area contributed by atoms with Crippen LogP contribution in [0.4, 0.5) is 0 Å². The molecule has 6 atom stereocenters. The zero-order valence-electron chi connectivity index (χ0n) is 21.9. The molecule has 1 saturated carbocycles. The number of phenols is 1. The van der Waals surface area contributed by atoms with Crippen molar-refractivity contribution in [1.82, 2.24) is 5.32 Å². The lowest BCUT2D eigenvalue weighted by atomic mass is 9.44. The fourth-order valence-electron chi connectivity index (χ4n) is 7.88. The van der Waals surface area contributed by atoms with Crippen molar-refractivity contribution in [3.8, 4) is 5.75 Å². The summed E-state index contributed by atoms with van der Waals surface area (Å²) in [6, 6.07) is 23.1. The van der Waals surface area contributed by atoms with E-state index in [0.29, 0.717) is 28.7 Å². The van der Waals surface area contributed by atoms with Crippen molar-refractivity contribution >= 4 is 40.6 Å². The van der Waals surface area contributed by atoms with Gasteiger partial charge in [0.25, 0.3) is 0 Å². The normalized spacial score (nSPS) is 30.5. The predicted molar refractivity (Wildman–Crippen MR) is 153 cm³/mol. The van der Waals surface area contributed by atoms with E-state index in [1.807, 2.05) is 66.7 Å². The first kappa shape index (κ1) is 25.7. The smallest absolute Gasteiger partial charge is 0.231 e. The molecule has 1 saturated heterocycles. The van der Waals surface area contributed by atoms with Gasteiger partial charge in [0.1, 0.15) is 5.75 Å². The molecule has 2 fully saturated rings. The van der Waals surface area contributed by atoms with Gasteiger partial charge in [-0.3, -0.25) is 24.5 Å². The summed E-state index contributed by atoms with van der Waals surface area (Å²) in [7, 11) is 0. The topological polar surface area (TPSA) is 101 Å². The number of benzene rings is 3. The maximum absolute atomic E-state index is 14.8. The molecule has 7 rings (SSSR count). The van der Waals surface area contributed by atoms with Gasteiger partial charge >= 0.3 is 0 Å². The van der Waals surface area contributed by atoms with Crippen LogP contribution in [0.15, 0.2) is 96.6 Å². The molecule has 0 bridgehead atoms. The number of phenolic OH excluding ortho intramolecular Hbond substituents is 1. The number of nitrogens with one attached hydrogen (secondary N) is 1. The third kappa shape index (κ3) is 3.63. The quantitative estimate of drug-likeness (QED) is 0.339. The van der Waals surface area contributed by atoms with Gasteiger partial charge in [-0.05, 0) is 53.7 Å². The maximum Gasteiger partial charge on any atom is 0.231 e. The van der Waals surface area contributed by atoms with E-state index in [2.05, 4.69) is 5.32 Å². The number of aromatic hydroxyl groups is 1. The van der Waals surface area contributed by atoms with Gasteiger partial charge in [0.15, 0.2) is 11.6 Å². The number of fused-ring (bicyclic) bond motifs is 4. The van der Waals surface area contributed by atoms with Gasteiger partial charge in [-0.1, -0.05) is 90.0 Å². The standard InChI is InChI=1S/C34H26ClNO5/c35-27-15-20(37)11-12-22(27)30-21-13-14-23-29(33(41)36-32(23)40)25(21)16-26-31(39)24(18-7-3-1-4-8-18)17-28(38)34(26,30)19-9-5-2-6-10-19/h1-13,15,17,23,25-26,29-30,37H,14,16H2,(H,36,40,41).